The average Bonchev–Trinajstić information content (AvgIpc) is 2.85. The van der Waals surface area contributed by atoms with Gasteiger partial charge in [0, 0.05) is 25.5 Å². The number of methoxy groups -OCH3 is 1. The molecule has 1 aromatic heterocycles. The van der Waals surface area contributed by atoms with Gasteiger partial charge in [0.15, 0.2) is 0 Å². The second-order valence-electron chi connectivity index (χ2n) is 4.06. The number of aryl methyl sites for hydroxylation is 2. The summed E-state index contributed by atoms with van der Waals surface area (Å²) < 4.78 is 7.30. The highest BCUT2D eigenvalue weighted by Crippen LogP contribution is 2.12. The van der Waals surface area contributed by atoms with Crippen LogP contribution in [-0.4, -0.2) is 11.7 Å². The molecule has 2 rings (SSSR count). The lowest BCUT2D eigenvalue weighted by atomic mass is 10.1. The van der Waals surface area contributed by atoms with E-state index in [4.69, 9.17) is 10.5 Å². The van der Waals surface area contributed by atoms with E-state index in [0.717, 1.165) is 18.7 Å². The maximum absolute atomic E-state index is 5.58. The second-order valence-corrected chi connectivity index (χ2v) is 4.06. The number of hydrogen-bond donors (Lipinski definition) is 1. The van der Waals surface area contributed by atoms with Gasteiger partial charge < -0.3 is 15.0 Å². The summed E-state index contributed by atoms with van der Waals surface area (Å²) in [6, 6.07) is 10.3. The molecule has 0 saturated heterocycles. The van der Waals surface area contributed by atoms with E-state index >= 15 is 0 Å². The number of hydrogen-bond acceptors (Lipinski definition) is 2. The van der Waals surface area contributed by atoms with Gasteiger partial charge in [0.2, 0.25) is 0 Å². The van der Waals surface area contributed by atoms with E-state index < -0.39 is 0 Å². The quantitative estimate of drug-likeness (QED) is 0.855. The molecule has 0 amide bonds. The zero-order valence-corrected chi connectivity index (χ0v) is 10.1. The van der Waals surface area contributed by atoms with Crippen molar-refractivity contribution in [3.05, 3.63) is 53.9 Å². The van der Waals surface area contributed by atoms with Gasteiger partial charge in [-0.25, -0.2) is 0 Å². The fraction of sp³-hybridized carbons (Fsp3) is 0.286. The van der Waals surface area contributed by atoms with Crippen LogP contribution in [0.4, 0.5) is 0 Å². The third-order valence-electron chi connectivity index (χ3n) is 2.87. The van der Waals surface area contributed by atoms with Crippen molar-refractivity contribution in [1.29, 1.82) is 0 Å². The summed E-state index contributed by atoms with van der Waals surface area (Å²) in [4.78, 5) is 0. The van der Waals surface area contributed by atoms with Crippen molar-refractivity contribution in [3.63, 3.8) is 0 Å². The maximum Gasteiger partial charge on any atom is 0.118 e. The number of ether oxygens (including phenoxy) is 1. The smallest absolute Gasteiger partial charge is 0.118 e. The van der Waals surface area contributed by atoms with Gasteiger partial charge in [0.1, 0.15) is 5.75 Å². The Hall–Kier alpha value is -1.74. The molecule has 0 radical (unpaired) electrons. The van der Waals surface area contributed by atoms with E-state index in [2.05, 4.69) is 35.2 Å². The van der Waals surface area contributed by atoms with E-state index in [1.54, 1.807) is 7.11 Å². The first-order valence-corrected chi connectivity index (χ1v) is 5.79. The van der Waals surface area contributed by atoms with Crippen LogP contribution in [0.25, 0.3) is 0 Å². The third kappa shape index (κ3) is 3.11. The van der Waals surface area contributed by atoms with Gasteiger partial charge in [-0.05, 0) is 35.7 Å². The molecule has 3 heteroatoms. The lowest BCUT2D eigenvalue weighted by Crippen LogP contribution is -1.99. The Morgan fingerprint density at radius 1 is 1.12 bits per heavy atom. The van der Waals surface area contributed by atoms with Crippen LogP contribution < -0.4 is 10.5 Å². The van der Waals surface area contributed by atoms with Crippen molar-refractivity contribution < 1.29 is 4.74 Å². The van der Waals surface area contributed by atoms with E-state index in [1.165, 1.54) is 11.1 Å². The molecule has 90 valence electrons. The lowest BCUT2D eigenvalue weighted by molar-refractivity contribution is 0.414. The summed E-state index contributed by atoms with van der Waals surface area (Å²) in [5, 5.41) is 0. The molecule has 2 N–H and O–H groups in total. The summed E-state index contributed by atoms with van der Waals surface area (Å²) in [6.45, 7) is 1.59. The third-order valence-corrected chi connectivity index (χ3v) is 2.87. The van der Waals surface area contributed by atoms with Crippen LogP contribution in [0.3, 0.4) is 0 Å². The zero-order valence-electron chi connectivity index (χ0n) is 10.1. The fourth-order valence-corrected chi connectivity index (χ4v) is 1.80. The number of rotatable bonds is 5. The van der Waals surface area contributed by atoms with Crippen molar-refractivity contribution in [2.45, 2.75) is 19.5 Å². The first-order valence-electron chi connectivity index (χ1n) is 5.79. The number of aromatic nitrogens is 1. The van der Waals surface area contributed by atoms with E-state index in [0.29, 0.717) is 6.54 Å². The molecule has 0 aliphatic rings. The van der Waals surface area contributed by atoms with Crippen LogP contribution in [0.15, 0.2) is 42.7 Å². The molecule has 0 saturated carbocycles. The molecule has 3 nitrogen and oxygen atoms in total. The molecule has 0 aliphatic carbocycles. The van der Waals surface area contributed by atoms with Gasteiger partial charge in [0.25, 0.3) is 0 Å². The fourth-order valence-electron chi connectivity index (χ4n) is 1.80. The van der Waals surface area contributed by atoms with E-state index in [9.17, 15) is 0 Å². The predicted octanol–water partition coefficient (Wildman–Crippen LogP) is 2.20. The molecule has 0 unspecified atom stereocenters. The SMILES string of the molecule is COc1ccc(CCn2ccc(CN)c2)cc1. The predicted molar refractivity (Wildman–Crippen MR) is 69.0 cm³/mol. The molecule has 0 fully saturated rings. The summed E-state index contributed by atoms with van der Waals surface area (Å²) in [7, 11) is 1.68. The lowest BCUT2D eigenvalue weighted by Gasteiger charge is -2.04. The van der Waals surface area contributed by atoms with Gasteiger partial charge in [-0.2, -0.15) is 0 Å². The van der Waals surface area contributed by atoms with Gasteiger partial charge in [-0.3, -0.25) is 0 Å². The molecule has 17 heavy (non-hydrogen) atoms. The molecule has 0 bridgehead atoms. The molecule has 1 heterocycles. The van der Waals surface area contributed by atoms with Crippen LogP contribution in [0, 0.1) is 0 Å². The highest BCUT2D eigenvalue weighted by molar-refractivity contribution is 5.27. The Morgan fingerprint density at radius 3 is 2.47 bits per heavy atom. The van der Waals surface area contributed by atoms with Crippen molar-refractivity contribution in [2.24, 2.45) is 5.73 Å². The van der Waals surface area contributed by atoms with Crippen LogP contribution in [0.5, 0.6) is 5.75 Å². The zero-order chi connectivity index (χ0) is 12.1. The molecule has 0 atom stereocenters. The topological polar surface area (TPSA) is 40.2 Å². The Morgan fingerprint density at radius 2 is 1.88 bits per heavy atom. The van der Waals surface area contributed by atoms with Crippen molar-refractivity contribution in [1.82, 2.24) is 4.57 Å². The van der Waals surface area contributed by atoms with E-state index in [-0.39, 0.29) is 0 Å². The molecule has 1 aromatic carbocycles. The summed E-state index contributed by atoms with van der Waals surface area (Å²) >= 11 is 0. The number of nitrogens with zero attached hydrogens (tertiary/aromatic N) is 1. The standard InChI is InChI=1S/C14H18N2O/c1-17-14-4-2-12(3-5-14)6-8-16-9-7-13(10-15)11-16/h2-5,7,9,11H,6,8,10,15H2,1H3. The normalized spacial score (nSPS) is 10.5. The number of nitrogens with two attached hydrogens (primary N) is 1. The van der Waals surface area contributed by atoms with Crippen LogP contribution in [0.2, 0.25) is 0 Å². The monoisotopic (exact) mass is 230 g/mol. The Bertz CT molecular complexity index is 459. The van der Waals surface area contributed by atoms with Gasteiger partial charge in [-0.1, -0.05) is 12.1 Å². The van der Waals surface area contributed by atoms with Gasteiger partial charge in [-0.15, -0.1) is 0 Å². The first kappa shape index (κ1) is 11.7. The second kappa shape index (κ2) is 5.55. The van der Waals surface area contributed by atoms with Crippen LogP contribution >= 0.6 is 0 Å². The van der Waals surface area contributed by atoms with Gasteiger partial charge in [0.05, 0.1) is 7.11 Å². The summed E-state index contributed by atoms with van der Waals surface area (Å²) in [6.07, 6.45) is 5.19. The molecular formula is C14H18N2O. The Labute approximate surface area is 102 Å². The molecule has 0 aliphatic heterocycles. The average molecular weight is 230 g/mol. The van der Waals surface area contributed by atoms with Crippen LogP contribution in [0.1, 0.15) is 11.1 Å². The Kier molecular flexibility index (Phi) is 3.83. The van der Waals surface area contributed by atoms with Crippen molar-refractivity contribution >= 4 is 0 Å². The molecular weight excluding hydrogens is 212 g/mol. The maximum atomic E-state index is 5.58. The Balaban J connectivity index is 1.92. The number of benzene rings is 1. The first-order chi connectivity index (χ1) is 8.31. The minimum atomic E-state index is 0.607. The van der Waals surface area contributed by atoms with Crippen molar-refractivity contribution in [3.8, 4) is 5.75 Å². The molecule has 2 aromatic rings. The largest absolute Gasteiger partial charge is 0.497 e. The minimum Gasteiger partial charge on any atom is -0.497 e. The van der Waals surface area contributed by atoms with Crippen LogP contribution in [-0.2, 0) is 19.5 Å². The minimum absolute atomic E-state index is 0.607. The highest BCUT2D eigenvalue weighted by atomic mass is 16.5. The van der Waals surface area contributed by atoms with Crippen molar-refractivity contribution in [2.75, 3.05) is 7.11 Å². The summed E-state index contributed by atoms with van der Waals surface area (Å²) in [5.41, 5.74) is 8.07. The van der Waals surface area contributed by atoms with Gasteiger partial charge >= 0.3 is 0 Å². The highest BCUT2D eigenvalue weighted by Gasteiger charge is 1.97. The van der Waals surface area contributed by atoms with E-state index in [1.807, 2.05) is 12.1 Å². The molecule has 0 spiro atoms. The summed E-state index contributed by atoms with van der Waals surface area (Å²) in [5.74, 6) is 0.903.